The Balaban J connectivity index is 1.88. The van der Waals surface area contributed by atoms with Gasteiger partial charge in [0.1, 0.15) is 11.3 Å². The van der Waals surface area contributed by atoms with Gasteiger partial charge in [0, 0.05) is 12.8 Å². The Morgan fingerprint density at radius 3 is 2.33 bits per heavy atom. The van der Waals surface area contributed by atoms with Gasteiger partial charge in [-0.15, -0.1) is 0 Å². The molecule has 0 unspecified atom stereocenters. The maximum Gasteiger partial charge on any atom is 0.233 e. The van der Waals surface area contributed by atoms with Crippen LogP contribution in [-0.2, 0) is 6.42 Å². The molecule has 0 saturated carbocycles. The van der Waals surface area contributed by atoms with E-state index in [0.717, 1.165) is 49.3 Å². The number of rotatable bonds is 11. The largest absolute Gasteiger partial charge is 0.505 e. The summed E-state index contributed by atoms with van der Waals surface area (Å²) in [6.45, 7) is 2.09. The molecule has 2 N–H and O–H groups in total. The second kappa shape index (κ2) is 10.6. The third-order valence-corrected chi connectivity index (χ3v) is 4.71. The van der Waals surface area contributed by atoms with E-state index in [1.54, 1.807) is 0 Å². The van der Waals surface area contributed by atoms with Crippen molar-refractivity contribution in [2.75, 3.05) is 0 Å². The number of benzene rings is 1. The highest BCUT2D eigenvalue weighted by Gasteiger charge is 2.23. The molecule has 0 spiro atoms. The standard InChI is InChI=1S/C22H29NO4/c1-2-3-4-8-15-20(26)23-16-19(25)21(22(23)27)18(24)14-10-9-13-17-11-6-5-7-12-17/h5-7,11-12,16,25,27H,2-4,8-10,13-15H2,1H3. The summed E-state index contributed by atoms with van der Waals surface area (Å²) in [7, 11) is 0. The molecular formula is C22H29NO4. The van der Waals surface area contributed by atoms with Crippen molar-refractivity contribution in [3.05, 3.63) is 47.7 Å². The molecule has 0 aliphatic heterocycles. The van der Waals surface area contributed by atoms with E-state index in [1.807, 2.05) is 30.3 Å². The van der Waals surface area contributed by atoms with Crippen molar-refractivity contribution >= 4 is 11.7 Å². The van der Waals surface area contributed by atoms with Crippen molar-refractivity contribution in [1.29, 1.82) is 0 Å². The van der Waals surface area contributed by atoms with E-state index in [0.29, 0.717) is 6.42 Å². The fraction of sp³-hybridized carbons (Fsp3) is 0.455. The zero-order valence-electron chi connectivity index (χ0n) is 16.0. The summed E-state index contributed by atoms with van der Waals surface area (Å²) in [5, 5.41) is 20.3. The summed E-state index contributed by atoms with van der Waals surface area (Å²) >= 11 is 0. The molecule has 0 amide bonds. The van der Waals surface area contributed by atoms with Gasteiger partial charge in [-0.25, -0.2) is 0 Å². The lowest BCUT2D eigenvalue weighted by Crippen LogP contribution is -2.09. The van der Waals surface area contributed by atoms with E-state index in [1.165, 1.54) is 5.56 Å². The zero-order valence-corrected chi connectivity index (χ0v) is 16.0. The van der Waals surface area contributed by atoms with Crippen LogP contribution in [0.5, 0.6) is 11.6 Å². The van der Waals surface area contributed by atoms with E-state index in [2.05, 4.69) is 6.92 Å². The monoisotopic (exact) mass is 371 g/mol. The lowest BCUT2D eigenvalue weighted by atomic mass is 10.0. The van der Waals surface area contributed by atoms with Crippen LogP contribution >= 0.6 is 0 Å². The first-order chi connectivity index (χ1) is 13.0. The Bertz CT molecular complexity index is 749. The average Bonchev–Trinajstić information content (AvgIpc) is 2.97. The van der Waals surface area contributed by atoms with Crippen LogP contribution in [0.2, 0.25) is 0 Å². The molecule has 5 nitrogen and oxygen atoms in total. The molecule has 146 valence electrons. The Kier molecular flexibility index (Phi) is 8.11. The van der Waals surface area contributed by atoms with Crippen LogP contribution in [0.3, 0.4) is 0 Å². The van der Waals surface area contributed by atoms with Gasteiger partial charge >= 0.3 is 0 Å². The summed E-state index contributed by atoms with van der Waals surface area (Å²) in [6.07, 6.45) is 7.84. The SMILES string of the molecule is CCCCCCC(=O)n1cc(O)c(C(=O)CCCCc2ccccc2)c1O. The molecule has 0 radical (unpaired) electrons. The minimum atomic E-state index is -0.443. The van der Waals surface area contributed by atoms with Gasteiger partial charge in [-0.05, 0) is 31.2 Å². The molecular weight excluding hydrogens is 342 g/mol. The summed E-state index contributed by atoms with van der Waals surface area (Å²) in [4.78, 5) is 24.6. The number of nitrogens with zero attached hydrogens (tertiary/aromatic N) is 1. The highest BCUT2D eigenvalue weighted by Crippen LogP contribution is 2.31. The van der Waals surface area contributed by atoms with Crippen LogP contribution in [0.4, 0.5) is 0 Å². The maximum absolute atomic E-state index is 12.4. The van der Waals surface area contributed by atoms with Gasteiger partial charge in [0.25, 0.3) is 0 Å². The number of ketones is 1. The minimum absolute atomic E-state index is 0.142. The number of hydrogen-bond donors (Lipinski definition) is 2. The molecule has 1 aromatic heterocycles. The predicted molar refractivity (Wildman–Crippen MR) is 105 cm³/mol. The topological polar surface area (TPSA) is 79.5 Å². The predicted octanol–water partition coefficient (Wildman–Crippen LogP) is 5.11. The van der Waals surface area contributed by atoms with Crippen LogP contribution in [0.1, 0.15) is 79.0 Å². The fourth-order valence-electron chi connectivity index (χ4n) is 3.15. The molecule has 0 saturated heterocycles. The Labute approximate surface area is 160 Å². The van der Waals surface area contributed by atoms with E-state index in [9.17, 15) is 19.8 Å². The van der Waals surface area contributed by atoms with E-state index in [-0.39, 0.29) is 35.8 Å². The van der Waals surface area contributed by atoms with Gasteiger partial charge < -0.3 is 10.2 Å². The Hall–Kier alpha value is -2.56. The molecule has 0 atom stereocenters. The number of hydrogen-bond acceptors (Lipinski definition) is 4. The van der Waals surface area contributed by atoms with Crippen molar-refractivity contribution in [1.82, 2.24) is 4.57 Å². The first-order valence-corrected chi connectivity index (χ1v) is 9.78. The van der Waals surface area contributed by atoms with E-state index in [4.69, 9.17) is 0 Å². The van der Waals surface area contributed by atoms with Crippen molar-refractivity contribution in [2.24, 2.45) is 0 Å². The quantitative estimate of drug-likeness (QED) is 0.425. The number of unbranched alkanes of at least 4 members (excludes halogenated alkanes) is 4. The molecule has 0 bridgehead atoms. The van der Waals surface area contributed by atoms with Gasteiger partial charge in [0.15, 0.2) is 5.78 Å². The van der Waals surface area contributed by atoms with Crippen LogP contribution < -0.4 is 0 Å². The summed E-state index contributed by atoms with van der Waals surface area (Å²) in [5.74, 6) is -1.42. The number of Topliss-reactive ketones (excluding diaryl/α,β-unsaturated/α-hetero) is 1. The van der Waals surface area contributed by atoms with Gasteiger partial charge in [-0.2, -0.15) is 0 Å². The average molecular weight is 371 g/mol. The van der Waals surface area contributed by atoms with Crippen LogP contribution in [0.15, 0.2) is 36.5 Å². The molecule has 5 heteroatoms. The van der Waals surface area contributed by atoms with Gasteiger partial charge in [0.05, 0.1) is 6.20 Å². The number of carbonyl (C=O) groups excluding carboxylic acids is 2. The summed E-state index contributed by atoms with van der Waals surface area (Å²) < 4.78 is 0.998. The highest BCUT2D eigenvalue weighted by atomic mass is 16.3. The molecule has 2 aromatic rings. The summed E-state index contributed by atoms with van der Waals surface area (Å²) in [5.41, 5.74) is 1.08. The zero-order chi connectivity index (χ0) is 19.6. The Morgan fingerprint density at radius 1 is 0.926 bits per heavy atom. The van der Waals surface area contributed by atoms with Crippen LogP contribution in [0, 0.1) is 0 Å². The minimum Gasteiger partial charge on any atom is -0.505 e. The van der Waals surface area contributed by atoms with Crippen LogP contribution in [-0.4, -0.2) is 26.5 Å². The molecule has 0 aliphatic carbocycles. The third-order valence-electron chi connectivity index (χ3n) is 4.71. The van der Waals surface area contributed by atoms with Crippen molar-refractivity contribution < 1.29 is 19.8 Å². The van der Waals surface area contributed by atoms with E-state index < -0.39 is 5.88 Å². The number of aromatic hydroxyl groups is 2. The van der Waals surface area contributed by atoms with Gasteiger partial charge in [-0.3, -0.25) is 14.2 Å². The number of aromatic nitrogens is 1. The second-order valence-corrected chi connectivity index (χ2v) is 6.90. The first-order valence-electron chi connectivity index (χ1n) is 9.78. The van der Waals surface area contributed by atoms with Gasteiger partial charge in [0.2, 0.25) is 11.8 Å². The Morgan fingerprint density at radius 2 is 1.63 bits per heavy atom. The fourth-order valence-corrected chi connectivity index (χ4v) is 3.15. The smallest absolute Gasteiger partial charge is 0.233 e. The molecule has 2 rings (SSSR count). The van der Waals surface area contributed by atoms with Crippen LogP contribution in [0.25, 0.3) is 0 Å². The van der Waals surface area contributed by atoms with Crippen molar-refractivity contribution in [2.45, 2.75) is 64.7 Å². The number of aryl methyl sites for hydroxylation is 1. The summed E-state index contributed by atoms with van der Waals surface area (Å²) in [6, 6.07) is 10.0. The second-order valence-electron chi connectivity index (χ2n) is 6.90. The van der Waals surface area contributed by atoms with Crippen molar-refractivity contribution in [3.63, 3.8) is 0 Å². The lowest BCUT2D eigenvalue weighted by molar-refractivity contribution is 0.0889. The molecule has 0 fully saturated rings. The lowest BCUT2D eigenvalue weighted by Gasteiger charge is -2.05. The molecule has 1 aromatic carbocycles. The normalized spacial score (nSPS) is 10.9. The van der Waals surface area contributed by atoms with Crippen molar-refractivity contribution in [3.8, 4) is 11.6 Å². The van der Waals surface area contributed by atoms with Gasteiger partial charge in [-0.1, -0.05) is 56.5 Å². The highest BCUT2D eigenvalue weighted by molar-refractivity contribution is 6.02. The molecule has 1 heterocycles. The molecule has 27 heavy (non-hydrogen) atoms. The first kappa shape index (κ1) is 20.7. The maximum atomic E-state index is 12.4. The third kappa shape index (κ3) is 5.98. The number of carbonyl (C=O) groups is 2. The van der Waals surface area contributed by atoms with E-state index >= 15 is 0 Å². The molecule has 0 aliphatic rings.